The van der Waals surface area contributed by atoms with Gasteiger partial charge in [-0.2, -0.15) is 13.2 Å². The first-order valence-corrected chi connectivity index (χ1v) is 12.0. The van der Waals surface area contributed by atoms with Crippen molar-refractivity contribution in [2.75, 3.05) is 24.6 Å². The summed E-state index contributed by atoms with van der Waals surface area (Å²) in [6.07, 6.45) is 2.02. The Kier molecular flexibility index (Phi) is 4.85. The molecular weight excluding hydrogens is 405 g/mol. The number of nitrogens with zero attached hydrogens (tertiary/aromatic N) is 4. The summed E-state index contributed by atoms with van der Waals surface area (Å²) in [5.74, 6) is 1.91. The first-order valence-electron chi connectivity index (χ1n) is 10.2. The van der Waals surface area contributed by atoms with Gasteiger partial charge in [-0.3, -0.25) is 4.90 Å². The van der Waals surface area contributed by atoms with Crippen molar-refractivity contribution in [2.24, 2.45) is 17.3 Å². The number of sulfone groups is 1. The molecule has 0 radical (unpaired) electrons. The van der Waals surface area contributed by atoms with E-state index in [2.05, 4.69) is 15.0 Å². The van der Waals surface area contributed by atoms with Gasteiger partial charge in [-0.1, -0.05) is 0 Å². The summed E-state index contributed by atoms with van der Waals surface area (Å²) in [4.78, 5) is 5.78. The third-order valence-electron chi connectivity index (χ3n) is 6.69. The lowest BCUT2D eigenvalue weighted by molar-refractivity contribution is -0.145. The van der Waals surface area contributed by atoms with Gasteiger partial charge in [0.15, 0.2) is 9.84 Å². The zero-order valence-corrected chi connectivity index (χ0v) is 17.9. The molecule has 164 valence electrons. The molecule has 3 atom stereocenters. The minimum absolute atomic E-state index is 0.172. The van der Waals surface area contributed by atoms with Crippen molar-refractivity contribution >= 4 is 9.84 Å². The van der Waals surface area contributed by atoms with Crippen LogP contribution < -0.4 is 0 Å². The molecule has 2 aliphatic carbocycles. The molecule has 1 spiro atoms. The Hall–Kier alpha value is -1.16. The van der Waals surface area contributed by atoms with E-state index >= 15 is 0 Å². The minimum Gasteiger partial charge on any atom is -0.300 e. The van der Waals surface area contributed by atoms with Gasteiger partial charge in [0.25, 0.3) is 5.82 Å². The lowest BCUT2D eigenvalue weighted by Gasteiger charge is -2.38. The van der Waals surface area contributed by atoms with E-state index in [1.807, 2.05) is 0 Å². The quantitative estimate of drug-likeness (QED) is 0.680. The fraction of sp³-hybridized carbons (Fsp3) is 0.895. The highest BCUT2D eigenvalue weighted by atomic mass is 32.2. The third kappa shape index (κ3) is 4.47. The van der Waals surface area contributed by atoms with Crippen LogP contribution in [0, 0.1) is 17.3 Å². The average molecular weight is 435 g/mol. The Morgan fingerprint density at radius 2 is 1.72 bits per heavy atom. The molecule has 2 saturated carbocycles. The van der Waals surface area contributed by atoms with Crippen molar-refractivity contribution in [2.45, 2.75) is 64.2 Å². The number of likely N-dealkylation sites (tertiary alicyclic amines) is 1. The highest BCUT2D eigenvalue weighted by molar-refractivity contribution is 7.92. The molecule has 10 heteroatoms. The van der Waals surface area contributed by atoms with Crippen LogP contribution in [0.3, 0.4) is 0 Å². The zero-order valence-electron chi connectivity index (χ0n) is 17.1. The van der Waals surface area contributed by atoms with Crippen molar-refractivity contribution in [3.63, 3.8) is 0 Å². The van der Waals surface area contributed by atoms with E-state index in [0.29, 0.717) is 11.5 Å². The van der Waals surface area contributed by atoms with E-state index in [1.165, 1.54) is 23.9 Å². The van der Waals surface area contributed by atoms with Gasteiger partial charge in [0.2, 0.25) is 0 Å². The molecule has 0 aromatic carbocycles. The van der Waals surface area contributed by atoms with E-state index in [1.54, 1.807) is 20.8 Å². The summed E-state index contributed by atoms with van der Waals surface area (Å²) in [7, 11) is -2.65. The van der Waals surface area contributed by atoms with E-state index in [0.717, 1.165) is 43.7 Å². The molecule has 6 nitrogen and oxygen atoms in total. The van der Waals surface area contributed by atoms with Gasteiger partial charge in [-0.25, -0.2) is 18.1 Å². The molecular formula is C19H29F3N4O2S. The maximum Gasteiger partial charge on any atom is 0.453 e. The van der Waals surface area contributed by atoms with Crippen LogP contribution in [0.25, 0.3) is 0 Å². The molecule has 0 bridgehead atoms. The van der Waals surface area contributed by atoms with E-state index in [4.69, 9.17) is 0 Å². The fourth-order valence-electron chi connectivity index (χ4n) is 5.10. The Morgan fingerprint density at radius 3 is 2.17 bits per heavy atom. The lowest BCUT2D eigenvalue weighted by atomic mass is 9.91. The van der Waals surface area contributed by atoms with Crippen molar-refractivity contribution in [3.8, 4) is 0 Å². The molecule has 1 unspecified atom stereocenters. The van der Waals surface area contributed by atoms with Crippen LogP contribution in [0.15, 0.2) is 6.33 Å². The molecule has 2 aliphatic heterocycles. The van der Waals surface area contributed by atoms with Crippen molar-refractivity contribution < 1.29 is 21.6 Å². The largest absolute Gasteiger partial charge is 0.453 e. The van der Waals surface area contributed by atoms with Crippen LogP contribution in [-0.2, 0) is 21.6 Å². The second kappa shape index (κ2) is 6.67. The summed E-state index contributed by atoms with van der Waals surface area (Å²) in [6, 6.07) is 0.798. The predicted molar refractivity (Wildman–Crippen MR) is 102 cm³/mol. The van der Waals surface area contributed by atoms with Gasteiger partial charge in [0, 0.05) is 18.0 Å². The van der Waals surface area contributed by atoms with Crippen LogP contribution in [0.5, 0.6) is 0 Å². The molecule has 2 saturated heterocycles. The third-order valence-corrected chi connectivity index (χ3v) is 8.79. The first-order chi connectivity index (χ1) is 13.3. The van der Waals surface area contributed by atoms with E-state index in [-0.39, 0.29) is 5.41 Å². The maximum absolute atomic E-state index is 12.1. The summed E-state index contributed by atoms with van der Waals surface area (Å²) < 4.78 is 60.0. The number of aromatic nitrogens is 3. The molecule has 3 heterocycles. The standard InChI is InChI=1S/C12H19NO2S.C7H10F3N3/c14-16(15)7-12(8-16)1-2-13(6-12)11-4-9-3-10(9)5-11;1-6(2,3)13-4-11-5(12-13)7(8,9)10/h9-11H,1-8H2;4H,1-3H3/t9-,10+,11?;. The number of alkyl halides is 3. The van der Waals surface area contributed by atoms with Crippen molar-refractivity contribution in [1.29, 1.82) is 0 Å². The van der Waals surface area contributed by atoms with Gasteiger partial charge in [0.05, 0.1) is 17.0 Å². The number of hydrogen-bond donors (Lipinski definition) is 0. The Morgan fingerprint density at radius 1 is 1.10 bits per heavy atom. The smallest absolute Gasteiger partial charge is 0.300 e. The molecule has 0 amide bonds. The second-order valence-electron chi connectivity index (χ2n) is 10.3. The fourth-order valence-corrected chi connectivity index (χ4v) is 7.36. The molecule has 1 aromatic rings. The second-order valence-corrected chi connectivity index (χ2v) is 12.4. The Labute approximate surface area is 169 Å². The summed E-state index contributed by atoms with van der Waals surface area (Å²) >= 11 is 0. The normalized spacial score (nSPS) is 32.4. The van der Waals surface area contributed by atoms with Crippen molar-refractivity contribution in [1.82, 2.24) is 19.7 Å². The molecule has 29 heavy (non-hydrogen) atoms. The number of hydrogen-bond acceptors (Lipinski definition) is 5. The van der Waals surface area contributed by atoms with E-state index < -0.39 is 27.4 Å². The molecule has 4 fully saturated rings. The van der Waals surface area contributed by atoms with Gasteiger partial charge in [-0.05, 0) is 64.8 Å². The topological polar surface area (TPSA) is 68.1 Å². The van der Waals surface area contributed by atoms with Gasteiger partial charge in [-0.15, -0.1) is 5.10 Å². The van der Waals surface area contributed by atoms with Crippen molar-refractivity contribution in [3.05, 3.63) is 12.2 Å². The summed E-state index contributed by atoms with van der Waals surface area (Å²) in [6.45, 7) is 7.47. The average Bonchev–Trinajstić information content (AvgIpc) is 3.02. The highest BCUT2D eigenvalue weighted by Crippen LogP contribution is 2.54. The Bertz CT molecular complexity index is 824. The maximum atomic E-state index is 12.1. The van der Waals surface area contributed by atoms with Crippen LogP contribution in [0.2, 0.25) is 0 Å². The van der Waals surface area contributed by atoms with Gasteiger partial charge >= 0.3 is 6.18 Å². The zero-order chi connectivity index (χ0) is 21.2. The van der Waals surface area contributed by atoms with Crippen LogP contribution in [0.1, 0.15) is 52.3 Å². The lowest BCUT2D eigenvalue weighted by Crippen LogP contribution is -2.50. The SMILES string of the molecule is CC(C)(C)n1cnc(C(F)(F)F)n1.O=S1(=O)CC2(CCN(C3C[C@@H]4C[C@@H]4C3)C2)C1. The molecule has 1 aromatic heterocycles. The van der Waals surface area contributed by atoms with Crippen LogP contribution in [-0.4, -0.2) is 58.7 Å². The molecule has 4 aliphatic rings. The molecule has 5 rings (SSSR count). The minimum atomic E-state index is -4.46. The van der Waals surface area contributed by atoms with Gasteiger partial charge in [0.1, 0.15) is 6.33 Å². The van der Waals surface area contributed by atoms with Gasteiger partial charge < -0.3 is 0 Å². The number of fused-ring (bicyclic) bond motifs is 1. The molecule has 0 N–H and O–H groups in total. The highest BCUT2D eigenvalue weighted by Gasteiger charge is 2.55. The Balaban J connectivity index is 0.000000146. The first kappa shape index (κ1) is 21.1. The van der Waals surface area contributed by atoms with Crippen LogP contribution >= 0.6 is 0 Å². The number of halogens is 3. The monoisotopic (exact) mass is 434 g/mol. The van der Waals surface area contributed by atoms with Crippen LogP contribution in [0.4, 0.5) is 13.2 Å². The summed E-state index contributed by atoms with van der Waals surface area (Å²) in [5, 5.41) is 3.33. The van der Waals surface area contributed by atoms with E-state index in [9.17, 15) is 21.6 Å². The summed E-state index contributed by atoms with van der Waals surface area (Å²) in [5.41, 5.74) is -0.303. The predicted octanol–water partition coefficient (Wildman–Crippen LogP) is 2.96. The number of rotatable bonds is 1.